The van der Waals surface area contributed by atoms with Crippen LogP contribution in [0.25, 0.3) is 17.0 Å². The van der Waals surface area contributed by atoms with Crippen LogP contribution in [0.3, 0.4) is 0 Å². The summed E-state index contributed by atoms with van der Waals surface area (Å²) in [5.74, 6) is 0.478. The van der Waals surface area contributed by atoms with E-state index in [4.69, 9.17) is 9.78 Å². The highest BCUT2D eigenvalue weighted by molar-refractivity contribution is 5.96. The maximum Gasteiger partial charge on any atom is 0.251 e. The normalized spacial score (nSPS) is 18.4. The molecule has 4 aromatic rings. The Bertz CT molecular complexity index is 1690. The summed E-state index contributed by atoms with van der Waals surface area (Å²) in [6, 6.07) is 21.4. The van der Waals surface area contributed by atoms with Crippen molar-refractivity contribution in [3.05, 3.63) is 106 Å². The number of fused-ring (bicyclic) bond motifs is 4. The summed E-state index contributed by atoms with van der Waals surface area (Å²) in [5.41, 5.74) is 6.64. The smallest absolute Gasteiger partial charge is 0.251 e. The number of nitrogens with zero attached hydrogens (tertiary/aromatic N) is 2. The Kier molecular flexibility index (Phi) is 7.67. The minimum Gasteiger partial charge on any atom is -0.356 e. The van der Waals surface area contributed by atoms with E-state index in [0.29, 0.717) is 31.0 Å². The standard InChI is InChI=1S/C34H35N5O4/c40-31(11-8-23-4-3-5-25(20-23)34(41)36-15-19-38-17-13-35-14-18-38)39-16-12-28-27-6-1-2-7-29(27)37-32(28)33(39)24-9-10-26-22-42-43-30(26)21-24/h1-11,20-21,33,35,37H,12-19,22H2,(H,36,41)/b11-8+. The zero-order valence-electron chi connectivity index (χ0n) is 24.0. The van der Waals surface area contributed by atoms with Crippen molar-refractivity contribution in [2.45, 2.75) is 19.1 Å². The lowest BCUT2D eigenvalue weighted by molar-refractivity contribution is -0.194. The molecule has 4 heterocycles. The molecule has 2 amide bonds. The minimum atomic E-state index is -0.310. The number of benzene rings is 3. The van der Waals surface area contributed by atoms with Gasteiger partial charge in [-0.3, -0.25) is 14.5 Å². The number of nitrogens with one attached hydrogen (secondary N) is 3. The van der Waals surface area contributed by atoms with Gasteiger partial charge in [0.25, 0.3) is 5.91 Å². The molecular formula is C34H35N5O4. The van der Waals surface area contributed by atoms with Crippen LogP contribution < -0.4 is 15.5 Å². The van der Waals surface area contributed by atoms with E-state index in [0.717, 1.165) is 67.0 Å². The third kappa shape index (κ3) is 5.67. The van der Waals surface area contributed by atoms with Crippen LogP contribution in [0.1, 0.15) is 44.3 Å². The molecule has 9 nitrogen and oxygen atoms in total. The van der Waals surface area contributed by atoms with Crippen molar-refractivity contribution in [1.82, 2.24) is 25.4 Å². The first-order valence-electron chi connectivity index (χ1n) is 15.0. The zero-order valence-corrected chi connectivity index (χ0v) is 24.0. The molecular weight excluding hydrogens is 542 g/mol. The van der Waals surface area contributed by atoms with Gasteiger partial charge < -0.3 is 25.4 Å². The fourth-order valence-corrected chi connectivity index (χ4v) is 6.33. The zero-order chi connectivity index (χ0) is 29.2. The van der Waals surface area contributed by atoms with Gasteiger partial charge in [0.1, 0.15) is 6.61 Å². The van der Waals surface area contributed by atoms with Crippen LogP contribution in [0.2, 0.25) is 0 Å². The van der Waals surface area contributed by atoms with Crippen LogP contribution in [0.5, 0.6) is 5.75 Å². The summed E-state index contributed by atoms with van der Waals surface area (Å²) in [6.07, 6.45) is 4.15. The first-order chi connectivity index (χ1) is 21.1. The highest BCUT2D eigenvalue weighted by Crippen LogP contribution is 2.40. The maximum absolute atomic E-state index is 13.8. The average Bonchev–Trinajstić information content (AvgIpc) is 3.68. The first kappa shape index (κ1) is 27.4. The molecule has 220 valence electrons. The number of hydrogen-bond acceptors (Lipinski definition) is 6. The molecule has 0 spiro atoms. The van der Waals surface area contributed by atoms with Crippen LogP contribution in [-0.4, -0.2) is 72.4 Å². The van der Waals surface area contributed by atoms with Crippen LogP contribution in [0.4, 0.5) is 0 Å². The molecule has 0 saturated carbocycles. The van der Waals surface area contributed by atoms with Gasteiger partial charge in [-0.25, -0.2) is 0 Å². The van der Waals surface area contributed by atoms with Gasteiger partial charge in [-0.15, -0.1) is 0 Å². The molecule has 3 N–H and O–H groups in total. The molecule has 1 aromatic heterocycles. The maximum atomic E-state index is 13.8. The second-order valence-corrected chi connectivity index (χ2v) is 11.3. The van der Waals surface area contributed by atoms with Crippen molar-refractivity contribution in [3.8, 4) is 5.75 Å². The van der Waals surface area contributed by atoms with Crippen LogP contribution >= 0.6 is 0 Å². The largest absolute Gasteiger partial charge is 0.356 e. The van der Waals surface area contributed by atoms with Gasteiger partial charge in [0.05, 0.1) is 6.04 Å². The number of H-pyrrole nitrogens is 1. The Morgan fingerprint density at radius 3 is 2.79 bits per heavy atom. The lowest BCUT2D eigenvalue weighted by Crippen LogP contribution is -2.46. The molecule has 1 atom stereocenters. The van der Waals surface area contributed by atoms with Crippen molar-refractivity contribution in [2.24, 2.45) is 0 Å². The molecule has 3 aliphatic heterocycles. The SMILES string of the molecule is O=C(NCCN1CCNCC1)c1cccc(/C=C/C(=O)N2CCc3c([nH]c4ccccc34)C2c2ccc3c(c2)OOC3)c1. The van der Waals surface area contributed by atoms with E-state index in [1.54, 1.807) is 18.2 Å². The Morgan fingerprint density at radius 1 is 1.00 bits per heavy atom. The molecule has 1 saturated heterocycles. The Hall–Kier alpha value is -4.44. The second kappa shape index (κ2) is 12.0. The topological polar surface area (TPSA) is 98.9 Å². The van der Waals surface area contributed by atoms with E-state index in [-0.39, 0.29) is 17.9 Å². The fraction of sp³-hybridized carbons (Fsp3) is 0.294. The minimum absolute atomic E-state index is 0.0992. The monoisotopic (exact) mass is 577 g/mol. The molecule has 0 bridgehead atoms. The predicted octanol–water partition coefficient (Wildman–Crippen LogP) is 3.81. The summed E-state index contributed by atoms with van der Waals surface area (Å²) < 4.78 is 0. The number of aromatic amines is 1. The number of hydrogen-bond donors (Lipinski definition) is 3. The van der Waals surface area contributed by atoms with Gasteiger partial charge in [0.2, 0.25) is 5.91 Å². The van der Waals surface area contributed by atoms with E-state index in [1.165, 1.54) is 10.9 Å². The summed E-state index contributed by atoms with van der Waals surface area (Å²) in [5, 5.41) is 7.56. The van der Waals surface area contributed by atoms with E-state index in [1.807, 2.05) is 47.4 Å². The van der Waals surface area contributed by atoms with Crippen LogP contribution in [0.15, 0.2) is 72.8 Å². The van der Waals surface area contributed by atoms with Crippen molar-refractivity contribution in [1.29, 1.82) is 0 Å². The molecule has 3 aliphatic rings. The predicted molar refractivity (Wildman–Crippen MR) is 165 cm³/mol. The van der Waals surface area contributed by atoms with Crippen molar-refractivity contribution >= 4 is 28.8 Å². The number of aromatic nitrogens is 1. The fourth-order valence-electron chi connectivity index (χ4n) is 6.33. The number of piperazine rings is 1. The number of amides is 2. The lowest BCUT2D eigenvalue weighted by Gasteiger charge is -2.35. The van der Waals surface area contributed by atoms with E-state index >= 15 is 0 Å². The number of para-hydroxylation sites is 1. The van der Waals surface area contributed by atoms with Gasteiger partial charge in [-0.05, 0) is 53.5 Å². The van der Waals surface area contributed by atoms with Gasteiger partial charge in [-0.1, -0.05) is 42.5 Å². The summed E-state index contributed by atoms with van der Waals surface area (Å²) in [6.45, 7) is 6.39. The lowest BCUT2D eigenvalue weighted by atomic mass is 9.91. The van der Waals surface area contributed by atoms with Crippen molar-refractivity contribution < 1.29 is 19.4 Å². The highest BCUT2D eigenvalue weighted by Gasteiger charge is 2.34. The molecule has 43 heavy (non-hydrogen) atoms. The van der Waals surface area contributed by atoms with E-state index < -0.39 is 0 Å². The van der Waals surface area contributed by atoms with Crippen LogP contribution in [-0.2, 0) is 22.7 Å². The third-order valence-electron chi connectivity index (χ3n) is 8.58. The molecule has 0 radical (unpaired) electrons. The van der Waals surface area contributed by atoms with Gasteiger partial charge in [0.15, 0.2) is 5.75 Å². The number of rotatable bonds is 7. The molecule has 0 aliphatic carbocycles. The quantitative estimate of drug-likeness (QED) is 0.228. The van der Waals surface area contributed by atoms with Crippen molar-refractivity contribution in [2.75, 3.05) is 45.8 Å². The first-order valence-corrected chi connectivity index (χ1v) is 15.0. The molecule has 1 fully saturated rings. The van der Waals surface area contributed by atoms with E-state index in [2.05, 4.69) is 38.7 Å². The van der Waals surface area contributed by atoms with Crippen LogP contribution in [0, 0.1) is 0 Å². The molecule has 7 rings (SSSR count). The number of carbonyl (C=O) groups is 2. The molecule has 3 aromatic carbocycles. The number of carbonyl (C=O) groups excluding carboxylic acids is 2. The Morgan fingerprint density at radius 2 is 1.88 bits per heavy atom. The summed E-state index contributed by atoms with van der Waals surface area (Å²) in [4.78, 5) is 45.1. The Balaban J connectivity index is 1.10. The summed E-state index contributed by atoms with van der Waals surface area (Å²) >= 11 is 0. The van der Waals surface area contributed by atoms with Gasteiger partial charge >= 0.3 is 0 Å². The van der Waals surface area contributed by atoms with Crippen molar-refractivity contribution in [3.63, 3.8) is 0 Å². The molecule has 1 unspecified atom stereocenters. The van der Waals surface area contributed by atoms with E-state index in [9.17, 15) is 9.59 Å². The summed E-state index contributed by atoms with van der Waals surface area (Å²) in [7, 11) is 0. The highest BCUT2D eigenvalue weighted by atomic mass is 17.2. The second-order valence-electron chi connectivity index (χ2n) is 11.3. The van der Waals surface area contributed by atoms with Gasteiger partial charge in [0, 0.05) is 79.6 Å². The van der Waals surface area contributed by atoms with Gasteiger partial charge in [-0.2, -0.15) is 4.89 Å². The Labute approximate surface area is 250 Å². The molecule has 9 heteroatoms. The average molecular weight is 578 g/mol. The third-order valence-corrected chi connectivity index (χ3v) is 8.58.